The summed E-state index contributed by atoms with van der Waals surface area (Å²) in [4.78, 5) is 12.3. The number of hydrogen-bond donors (Lipinski definition) is 1. The summed E-state index contributed by atoms with van der Waals surface area (Å²) >= 11 is 13.3. The van der Waals surface area contributed by atoms with E-state index in [0.29, 0.717) is 32.5 Å². The van der Waals surface area contributed by atoms with E-state index in [4.69, 9.17) is 27.6 Å². The van der Waals surface area contributed by atoms with Crippen LogP contribution in [-0.2, 0) is 4.79 Å². The van der Waals surface area contributed by atoms with Gasteiger partial charge in [-0.2, -0.15) is 5.10 Å². The van der Waals surface area contributed by atoms with E-state index < -0.39 is 0 Å². The number of thioether (sulfide) groups is 1. The Morgan fingerprint density at radius 1 is 1.06 bits per heavy atom. The first kappa shape index (κ1) is 22.1. The fraction of sp³-hybridized carbons (Fsp3) is 0.0909. The number of carbonyl (C=O) groups excluding carboxylic acids is 1. The highest BCUT2D eigenvalue weighted by atomic mass is 35.5. The van der Waals surface area contributed by atoms with Gasteiger partial charge in [0.05, 0.1) is 12.0 Å². The lowest BCUT2D eigenvalue weighted by atomic mass is 10.2. The van der Waals surface area contributed by atoms with Crippen molar-refractivity contribution in [3.63, 3.8) is 0 Å². The maximum atomic E-state index is 12.3. The smallest absolute Gasteiger partial charge is 0.250 e. The zero-order chi connectivity index (χ0) is 22.5. The number of benzene rings is 2. The second-order valence-electron chi connectivity index (χ2n) is 6.62. The zero-order valence-electron chi connectivity index (χ0n) is 16.8. The molecular formula is C22H17Cl2N5O2S. The first-order valence-electron chi connectivity index (χ1n) is 9.48. The van der Waals surface area contributed by atoms with Crippen LogP contribution in [0.1, 0.15) is 12.7 Å². The lowest BCUT2D eigenvalue weighted by Gasteiger charge is -2.10. The van der Waals surface area contributed by atoms with Crippen LogP contribution in [-0.4, -0.2) is 32.1 Å². The van der Waals surface area contributed by atoms with E-state index in [0.717, 1.165) is 11.3 Å². The molecule has 0 saturated carbocycles. The van der Waals surface area contributed by atoms with Crippen molar-refractivity contribution in [1.29, 1.82) is 0 Å². The minimum atomic E-state index is -0.278. The topological polar surface area (TPSA) is 85.3 Å². The summed E-state index contributed by atoms with van der Waals surface area (Å²) in [6, 6.07) is 18.2. The van der Waals surface area contributed by atoms with Gasteiger partial charge in [-0.05, 0) is 67.6 Å². The summed E-state index contributed by atoms with van der Waals surface area (Å²) in [5.41, 5.74) is 4.76. The van der Waals surface area contributed by atoms with Crippen molar-refractivity contribution in [2.24, 2.45) is 5.10 Å². The summed E-state index contributed by atoms with van der Waals surface area (Å²) < 4.78 is 7.13. The summed E-state index contributed by atoms with van der Waals surface area (Å²) in [6.45, 7) is 1.75. The zero-order valence-corrected chi connectivity index (χ0v) is 19.2. The fourth-order valence-electron chi connectivity index (χ4n) is 2.82. The highest BCUT2D eigenvalue weighted by Crippen LogP contribution is 2.29. The molecular weight excluding hydrogens is 469 g/mol. The van der Waals surface area contributed by atoms with Gasteiger partial charge in [0.2, 0.25) is 0 Å². The van der Waals surface area contributed by atoms with E-state index in [-0.39, 0.29) is 11.7 Å². The molecule has 0 fully saturated rings. The molecule has 1 N–H and O–H groups in total. The van der Waals surface area contributed by atoms with Gasteiger partial charge in [-0.25, -0.2) is 5.43 Å². The number of rotatable bonds is 7. The van der Waals surface area contributed by atoms with Crippen molar-refractivity contribution in [1.82, 2.24) is 20.2 Å². The highest BCUT2D eigenvalue weighted by Gasteiger charge is 2.17. The molecule has 2 aromatic heterocycles. The molecule has 4 aromatic rings. The second-order valence-corrected chi connectivity index (χ2v) is 8.44. The first-order chi connectivity index (χ1) is 15.5. The third-order valence-electron chi connectivity index (χ3n) is 4.38. The molecule has 32 heavy (non-hydrogen) atoms. The molecule has 7 nitrogen and oxygen atoms in total. The Kier molecular flexibility index (Phi) is 6.94. The number of aromatic nitrogens is 3. The van der Waals surface area contributed by atoms with Gasteiger partial charge < -0.3 is 4.42 Å². The maximum absolute atomic E-state index is 12.3. The molecule has 0 aliphatic heterocycles. The van der Waals surface area contributed by atoms with E-state index in [1.807, 2.05) is 28.8 Å². The van der Waals surface area contributed by atoms with Crippen molar-refractivity contribution in [3.8, 4) is 17.1 Å². The van der Waals surface area contributed by atoms with Crippen molar-refractivity contribution in [2.45, 2.75) is 12.1 Å². The number of nitrogens with zero attached hydrogens (tertiary/aromatic N) is 4. The van der Waals surface area contributed by atoms with Crippen LogP contribution in [0.4, 0.5) is 0 Å². The van der Waals surface area contributed by atoms with Crippen LogP contribution in [0.2, 0.25) is 10.0 Å². The van der Waals surface area contributed by atoms with Crippen molar-refractivity contribution in [2.75, 3.05) is 5.75 Å². The molecule has 0 aliphatic carbocycles. The largest absolute Gasteiger partial charge is 0.463 e. The van der Waals surface area contributed by atoms with Gasteiger partial charge in [-0.15, -0.1) is 10.2 Å². The fourth-order valence-corrected chi connectivity index (χ4v) is 3.82. The molecule has 0 aliphatic rings. The standard InChI is InChI=1S/C22H17Cl2N5O2S/c1-14(19-3-2-12-31-19)25-26-20(30)13-32-22-28-27-21(15-4-6-16(23)7-5-15)29(22)18-10-8-17(24)9-11-18/h2-12H,13H2,1H3,(H,26,30)/b25-14+. The molecule has 0 unspecified atom stereocenters. The van der Waals surface area contributed by atoms with E-state index in [1.165, 1.54) is 11.8 Å². The Bertz CT molecular complexity index is 1240. The SMILES string of the molecule is C/C(=N\NC(=O)CSc1nnc(-c2ccc(Cl)cc2)n1-c1ccc(Cl)cc1)c1ccco1. The molecule has 1 amide bonds. The average molecular weight is 486 g/mol. The number of nitrogens with one attached hydrogen (secondary N) is 1. The van der Waals surface area contributed by atoms with E-state index in [2.05, 4.69) is 20.7 Å². The first-order valence-corrected chi connectivity index (χ1v) is 11.2. The normalized spacial score (nSPS) is 11.5. The molecule has 4 rings (SSSR count). The maximum Gasteiger partial charge on any atom is 0.250 e. The molecule has 162 valence electrons. The van der Waals surface area contributed by atoms with Gasteiger partial charge in [-0.3, -0.25) is 9.36 Å². The molecule has 0 saturated heterocycles. The third kappa shape index (κ3) is 5.21. The van der Waals surface area contributed by atoms with Gasteiger partial charge in [-0.1, -0.05) is 35.0 Å². The number of furan rings is 1. The van der Waals surface area contributed by atoms with E-state index >= 15 is 0 Å². The lowest BCUT2D eigenvalue weighted by Crippen LogP contribution is -2.21. The third-order valence-corrected chi connectivity index (χ3v) is 5.81. The molecule has 2 aromatic carbocycles. The molecule has 0 spiro atoms. The van der Waals surface area contributed by atoms with Gasteiger partial charge in [0.25, 0.3) is 5.91 Å². The Labute approximate surface area is 198 Å². The Hall–Kier alpha value is -3.07. The number of carbonyl (C=O) groups is 1. The Balaban J connectivity index is 1.55. The Morgan fingerprint density at radius 3 is 2.41 bits per heavy atom. The van der Waals surface area contributed by atoms with Crippen LogP contribution >= 0.6 is 35.0 Å². The summed E-state index contributed by atoms with van der Waals surface area (Å²) in [6.07, 6.45) is 1.55. The minimum Gasteiger partial charge on any atom is -0.463 e. The summed E-state index contributed by atoms with van der Waals surface area (Å²) in [5.74, 6) is 1.03. The van der Waals surface area contributed by atoms with Crippen LogP contribution in [0.15, 0.2) is 81.6 Å². The molecule has 10 heteroatoms. The minimum absolute atomic E-state index is 0.0985. The van der Waals surface area contributed by atoms with Gasteiger partial charge in [0.1, 0.15) is 11.5 Å². The van der Waals surface area contributed by atoms with Crippen molar-refractivity contribution >= 4 is 46.6 Å². The second kappa shape index (κ2) is 10.0. The Morgan fingerprint density at radius 2 is 1.75 bits per heavy atom. The number of amides is 1. The van der Waals surface area contributed by atoms with E-state index in [1.54, 1.807) is 49.6 Å². The highest BCUT2D eigenvalue weighted by molar-refractivity contribution is 7.99. The number of hydrogen-bond acceptors (Lipinski definition) is 6. The van der Waals surface area contributed by atoms with Gasteiger partial charge in [0.15, 0.2) is 11.0 Å². The molecule has 0 radical (unpaired) electrons. The average Bonchev–Trinajstić information content (AvgIpc) is 3.48. The monoisotopic (exact) mass is 485 g/mol. The predicted molar refractivity (Wildman–Crippen MR) is 127 cm³/mol. The number of hydrazone groups is 1. The summed E-state index contributed by atoms with van der Waals surface area (Å²) in [7, 11) is 0. The summed E-state index contributed by atoms with van der Waals surface area (Å²) in [5, 5.41) is 14.5. The quantitative estimate of drug-likeness (QED) is 0.213. The number of halogens is 2. The molecule has 0 bridgehead atoms. The van der Waals surface area contributed by atoms with Crippen molar-refractivity contribution in [3.05, 3.63) is 82.7 Å². The van der Waals surface area contributed by atoms with Gasteiger partial charge in [0, 0.05) is 21.3 Å². The van der Waals surface area contributed by atoms with Crippen LogP contribution in [0.5, 0.6) is 0 Å². The molecule has 2 heterocycles. The van der Waals surface area contributed by atoms with E-state index in [9.17, 15) is 4.79 Å². The molecule has 0 atom stereocenters. The van der Waals surface area contributed by atoms with Crippen LogP contribution in [0.25, 0.3) is 17.1 Å². The van der Waals surface area contributed by atoms with Crippen molar-refractivity contribution < 1.29 is 9.21 Å². The lowest BCUT2D eigenvalue weighted by molar-refractivity contribution is -0.118. The van der Waals surface area contributed by atoms with Crippen LogP contribution < -0.4 is 5.43 Å². The van der Waals surface area contributed by atoms with Crippen LogP contribution in [0.3, 0.4) is 0 Å². The predicted octanol–water partition coefficient (Wildman–Crippen LogP) is 5.47. The van der Waals surface area contributed by atoms with Crippen LogP contribution in [0, 0.1) is 0 Å². The van der Waals surface area contributed by atoms with Gasteiger partial charge >= 0.3 is 0 Å².